The lowest BCUT2D eigenvalue weighted by molar-refractivity contribution is 0.0971. The second-order valence-electron chi connectivity index (χ2n) is 8.87. The Balaban J connectivity index is 1.72. The van der Waals surface area contributed by atoms with Crippen LogP contribution in [0.5, 0.6) is 5.75 Å². The Bertz CT molecular complexity index is 1500. The molecule has 2 heterocycles. The van der Waals surface area contributed by atoms with Gasteiger partial charge in [0.05, 0.1) is 17.0 Å². The average Bonchev–Trinajstić information content (AvgIpc) is 3.17. The largest absolute Gasteiger partial charge is 0.490 e. The minimum Gasteiger partial charge on any atom is -0.490 e. The third kappa shape index (κ3) is 3.83. The van der Waals surface area contributed by atoms with Gasteiger partial charge in [-0.25, -0.2) is 0 Å². The zero-order valence-electron chi connectivity index (χ0n) is 20.1. The fourth-order valence-corrected chi connectivity index (χ4v) is 4.60. The van der Waals surface area contributed by atoms with Crippen molar-refractivity contribution in [3.63, 3.8) is 0 Å². The summed E-state index contributed by atoms with van der Waals surface area (Å²) in [4.78, 5) is 29.2. The molecule has 0 bridgehead atoms. The van der Waals surface area contributed by atoms with Crippen LogP contribution >= 0.6 is 0 Å². The number of nitrogens with zero attached hydrogens (tertiary/aromatic N) is 1. The predicted molar refractivity (Wildman–Crippen MR) is 139 cm³/mol. The molecule has 0 saturated heterocycles. The normalized spacial score (nSPS) is 14.9. The third-order valence-corrected chi connectivity index (χ3v) is 6.67. The smallest absolute Gasteiger partial charge is 0.295 e. The predicted octanol–water partition coefficient (Wildman–Crippen LogP) is 6.29. The summed E-state index contributed by atoms with van der Waals surface area (Å²) in [5.74, 6) is 0.467. The minimum absolute atomic E-state index is 0.0994. The van der Waals surface area contributed by atoms with E-state index in [4.69, 9.17) is 9.15 Å². The van der Waals surface area contributed by atoms with Crippen molar-refractivity contribution < 1.29 is 13.9 Å². The summed E-state index contributed by atoms with van der Waals surface area (Å²) in [7, 11) is 0. The van der Waals surface area contributed by atoms with Gasteiger partial charge in [0, 0.05) is 5.69 Å². The molecule has 35 heavy (non-hydrogen) atoms. The Kier molecular flexibility index (Phi) is 5.77. The highest BCUT2D eigenvalue weighted by molar-refractivity contribution is 6.10. The quantitative estimate of drug-likeness (QED) is 0.314. The van der Waals surface area contributed by atoms with Gasteiger partial charge in [0.15, 0.2) is 5.43 Å². The van der Waals surface area contributed by atoms with Crippen LogP contribution in [0.4, 0.5) is 5.69 Å². The summed E-state index contributed by atoms with van der Waals surface area (Å²) in [5.41, 5.74) is 5.31. The lowest BCUT2D eigenvalue weighted by atomic mass is 9.97. The number of benzene rings is 3. The molecule has 0 fully saturated rings. The van der Waals surface area contributed by atoms with Gasteiger partial charge in [0.2, 0.25) is 5.76 Å². The number of hydrogen-bond donors (Lipinski definition) is 0. The first-order valence-electron chi connectivity index (χ1n) is 11.8. The average molecular weight is 466 g/mol. The van der Waals surface area contributed by atoms with E-state index >= 15 is 0 Å². The second kappa shape index (κ2) is 8.91. The molecule has 1 aliphatic rings. The first-order chi connectivity index (χ1) is 16.9. The molecule has 3 aromatic carbocycles. The van der Waals surface area contributed by atoms with Crippen LogP contribution in [-0.4, -0.2) is 12.5 Å². The molecule has 4 aromatic rings. The van der Waals surface area contributed by atoms with Crippen molar-refractivity contribution in [1.29, 1.82) is 0 Å². The number of carbonyl (C=O) groups excluding carboxylic acids is 1. The first-order valence-corrected chi connectivity index (χ1v) is 11.8. The number of amides is 1. The molecule has 5 rings (SSSR count). The van der Waals surface area contributed by atoms with Crippen LogP contribution in [0, 0.1) is 13.8 Å². The van der Waals surface area contributed by atoms with Gasteiger partial charge in [-0.1, -0.05) is 43.8 Å². The molecule has 1 amide bonds. The number of hydrogen-bond acceptors (Lipinski definition) is 4. The molecule has 1 atom stereocenters. The highest BCUT2D eigenvalue weighted by Crippen LogP contribution is 2.41. The summed E-state index contributed by atoms with van der Waals surface area (Å²) in [5, 5.41) is 0.485. The monoisotopic (exact) mass is 465 g/mol. The Morgan fingerprint density at radius 3 is 2.34 bits per heavy atom. The highest BCUT2D eigenvalue weighted by atomic mass is 16.5. The van der Waals surface area contributed by atoms with Crippen LogP contribution in [0.2, 0.25) is 0 Å². The standard InChI is InChI=1S/C30H27NO4/c1-5-15-34-23-13-9-21(10-14-23)27-26-28(32)24-16-18(3)19(4)17-25(24)35-29(26)30(33)31(27)22-11-7-20(6-2)8-12-22/h5,7-14,16-17,27H,1,6,15H2,2-4H3. The molecule has 5 nitrogen and oxygen atoms in total. The summed E-state index contributed by atoms with van der Waals surface area (Å²) >= 11 is 0. The molecule has 0 spiro atoms. The Morgan fingerprint density at radius 2 is 1.69 bits per heavy atom. The van der Waals surface area contributed by atoms with Crippen molar-refractivity contribution in [2.75, 3.05) is 11.5 Å². The molecule has 0 radical (unpaired) electrons. The van der Waals surface area contributed by atoms with Gasteiger partial charge in [-0.15, -0.1) is 0 Å². The van der Waals surface area contributed by atoms with E-state index in [2.05, 4.69) is 13.5 Å². The molecular formula is C30H27NO4. The topological polar surface area (TPSA) is 59.8 Å². The van der Waals surface area contributed by atoms with Gasteiger partial charge in [-0.3, -0.25) is 14.5 Å². The van der Waals surface area contributed by atoms with E-state index in [9.17, 15) is 9.59 Å². The van der Waals surface area contributed by atoms with Crippen molar-refractivity contribution >= 4 is 22.6 Å². The van der Waals surface area contributed by atoms with Crippen LogP contribution < -0.4 is 15.1 Å². The van der Waals surface area contributed by atoms with Crippen molar-refractivity contribution in [2.24, 2.45) is 0 Å². The second-order valence-corrected chi connectivity index (χ2v) is 8.87. The van der Waals surface area contributed by atoms with E-state index in [1.807, 2.05) is 74.5 Å². The van der Waals surface area contributed by atoms with Gasteiger partial charge in [-0.2, -0.15) is 0 Å². The summed E-state index contributed by atoms with van der Waals surface area (Å²) in [6, 6.07) is 18.4. The molecular weight excluding hydrogens is 438 g/mol. The van der Waals surface area contributed by atoms with E-state index in [1.54, 1.807) is 11.0 Å². The third-order valence-electron chi connectivity index (χ3n) is 6.67. The van der Waals surface area contributed by atoms with E-state index in [0.717, 1.165) is 23.1 Å². The van der Waals surface area contributed by atoms with Crippen LogP contribution in [0.1, 0.15) is 51.3 Å². The molecule has 0 N–H and O–H groups in total. The van der Waals surface area contributed by atoms with E-state index < -0.39 is 6.04 Å². The van der Waals surface area contributed by atoms with Crippen molar-refractivity contribution in [1.82, 2.24) is 0 Å². The van der Waals surface area contributed by atoms with Crippen LogP contribution in [0.15, 0.2) is 82.5 Å². The number of carbonyl (C=O) groups is 1. The lowest BCUT2D eigenvalue weighted by Crippen LogP contribution is -2.29. The first kappa shape index (κ1) is 22.7. The van der Waals surface area contributed by atoms with Crippen molar-refractivity contribution in [3.8, 4) is 5.75 Å². The summed E-state index contributed by atoms with van der Waals surface area (Å²) in [6.45, 7) is 10.1. The van der Waals surface area contributed by atoms with Gasteiger partial charge in [0.1, 0.15) is 17.9 Å². The Morgan fingerprint density at radius 1 is 1.00 bits per heavy atom. The molecule has 0 saturated carbocycles. The number of rotatable bonds is 6. The van der Waals surface area contributed by atoms with Crippen molar-refractivity contribution in [2.45, 2.75) is 33.2 Å². The van der Waals surface area contributed by atoms with E-state index in [0.29, 0.717) is 34.6 Å². The molecule has 1 aliphatic heterocycles. The Hall–Kier alpha value is -4.12. The van der Waals surface area contributed by atoms with Crippen molar-refractivity contribution in [3.05, 3.63) is 117 Å². The lowest BCUT2D eigenvalue weighted by Gasteiger charge is -2.25. The molecule has 1 aromatic heterocycles. The minimum atomic E-state index is -0.610. The van der Waals surface area contributed by atoms with Gasteiger partial charge in [0.25, 0.3) is 5.91 Å². The fourth-order valence-electron chi connectivity index (χ4n) is 4.60. The van der Waals surface area contributed by atoms with Gasteiger partial charge in [-0.05, 0) is 78.9 Å². The maximum absolute atomic E-state index is 13.8. The van der Waals surface area contributed by atoms with Crippen LogP contribution in [0.3, 0.4) is 0 Å². The maximum Gasteiger partial charge on any atom is 0.295 e. The molecule has 176 valence electrons. The highest BCUT2D eigenvalue weighted by Gasteiger charge is 2.43. The van der Waals surface area contributed by atoms with Gasteiger partial charge < -0.3 is 9.15 Å². The fraction of sp³-hybridized carbons (Fsp3) is 0.200. The number of ether oxygens (including phenoxy) is 1. The van der Waals surface area contributed by atoms with E-state index in [-0.39, 0.29) is 17.1 Å². The molecule has 0 aliphatic carbocycles. The Labute approximate surface area is 204 Å². The zero-order chi connectivity index (χ0) is 24.7. The van der Waals surface area contributed by atoms with E-state index in [1.165, 1.54) is 5.56 Å². The maximum atomic E-state index is 13.8. The summed E-state index contributed by atoms with van der Waals surface area (Å²) < 4.78 is 11.8. The number of aryl methyl sites for hydroxylation is 3. The number of fused-ring (bicyclic) bond motifs is 2. The SMILES string of the molecule is C=CCOc1ccc(C2c3c(oc4cc(C)c(C)cc4c3=O)C(=O)N2c2ccc(CC)cc2)cc1. The molecule has 5 heteroatoms. The summed E-state index contributed by atoms with van der Waals surface area (Å²) in [6.07, 6.45) is 2.58. The number of anilines is 1. The van der Waals surface area contributed by atoms with Crippen LogP contribution in [0.25, 0.3) is 11.0 Å². The zero-order valence-corrected chi connectivity index (χ0v) is 20.1. The molecule has 1 unspecified atom stereocenters. The van der Waals surface area contributed by atoms with Gasteiger partial charge >= 0.3 is 0 Å². The van der Waals surface area contributed by atoms with Crippen LogP contribution in [-0.2, 0) is 6.42 Å².